The number of hydrogen-bond acceptors (Lipinski definition) is 8. The third kappa shape index (κ3) is 3.88. The van der Waals surface area contributed by atoms with E-state index in [9.17, 15) is 14.4 Å². The first-order valence-corrected chi connectivity index (χ1v) is 10.4. The van der Waals surface area contributed by atoms with Crippen LogP contribution in [-0.2, 0) is 14.4 Å². The van der Waals surface area contributed by atoms with Gasteiger partial charge in [-0.15, -0.1) is 0 Å². The number of carbonyl (C=O) groups excluding carboxylic acids is 3. The number of benzene rings is 2. The summed E-state index contributed by atoms with van der Waals surface area (Å²) in [7, 11) is 2.97. The number of aryl methyl sites for hydroxylation is 3. The molecule has 0 radical (unpaired) electrons. The molecule has 0 aromatic heterocycles. The van der Waals surface area contributed by atoms with Crippen molar-refractivity contribution >= 4 is 29.1 Å². The van der Waals surface area contributed by atoms with Gasteiger partial charge in [0, 0.05) is 11.8 Å². The maximum atomic E-state index is 13.2. The first-order valence-electron chi connectivity index (χ1n) is 10.4. The number of nitrogens with one attached hydrogen (secondary N) is 1. The van der Waals surface area contributed by atoms with Crippen molar-refractivity contribution in [3.05, 3.63) is 47.0 Å². The van der Waals surface area contributed by atoms with Gasteiger partial charge < -0.3 is 14.8 Å². The minimum atomic E-state index is -0.999. The van der Waals surface area contributed by atoms with Crippen LogP contribution >= 0.6 is 0 Å². The standard InChI is InChI=1S/C23H25N5O5/c1-12-8-13(2)19(14(3)9-12)24-18(29)11-27-21-20(25-26-27)22(30)28(23(21)31)15-6-7-16(32-4)17(10-15)33-5/h6-10,20-21H,11H2,1-5H3,(H,24,29)/t20-,21-/m1/s1. The lowest BCUT2D eigenvalue weighted by molar-refractivity contribution is -0.123. The van der Waals surface area contributed by atoms with Gasteiger partial charge in [-0.05, 0) is 44.0 Å². The van der Waals surface area contributed by atoms with E-state index in [1.54, 1.807) is 18.2 Å². The van der Waals surface area contributed by atoms with E-state index in [0.717, 1.165) is 27.3 Å². The van der Waals surface area contributed by atoms with Gasteiger partial charge in [-0.2, -0.15) is 5.11 Å². The average molecular weight is 451 g/mol. The lowest BCUT2D eigenvalue weighted by atomic mass is 10.1. The first-order chi connectivity index (χ1) is 15.7. The molecule has 2 heterocycles. The molecule has 0 spiro atoms. The van der Waals surface area contributed by atoms with E-state index in [0.29, 0.717) is 17.2 Å². The fourth-order valence-electron chi connectivity index (χ4n) is 4.28. The zero-order valence-corrected chi connectivity index (χ0v) is 19.1. The molecular formula is C23H25N5O5. The van der Waals surface area contributed by atoms with Crippen LogP contribution in [0.3, 0.4) is 0 Å². The molecular weight excluding hydrogens is 426 g/mol. The van der Waals surface area contributed by atoms with Crippen LogP contribution in [0, 0.1) is 20.8 Å². The summed E-state index contributed by atoms with van der Waals surface area (Å²) in [5, 5.41) is 12.1. The van der Waals surface area contributed by atoms with Crippen LogP contribution in [0.1, 0.15) is 16.7 Å². The van der Waals surface area contributed by atoms with Crippen molar-refractivity contribution in [3.8, 4) is 11.5 Å². The Bertz CT molecular complexity index is 1150. The highest BCUT2D eigenvalue weighted by atomic mass is 16.5. The first kappa shape index (κ1) is 22.3. The SMILES string of the molecule is COc1ccc(N2C(=O)[C@@H]3N=NN(CC(=O)Nc4c(C)cc(C)cc4C)[C@H]3C2=O)cc1OC. The number of fused-ring (bicyclic) bond motifs is 1. The second-order valence-corrected chi connectivity index (χ2v) is 8.07. The number of anilines is 2. The van der Waals surface area contributed by atoms with Gasteiger partial charge in [0.25, 0.3) is 11.8 Å². The summed E-state index contributed by atoms with van der Waals surface area (Å²) in [4.78, 5) is 39.9. The summed E-state index contributed by atoms with van der Waals surface area (Å²) in [6, 6.07) is 6.74. The summed E-state index contributed by atoms with van der Waals surface area (Å²) in [5.41, 5.74) is 4.04. The molecule has 33 heavy (non-hydrogen) atoms. The molecule has 0 aliphatic carbocycles. The van der Waals surface area contributed by atoms with Gasteiger partial charge in [-0.25, -0.2) is 4.90 Å². The highest BCUT2D eigenvalue weighted by Crippen LogP contribution is 2.36. The number of rotatable bonds is 6. The lowest BCUT2D eigenvalue weighted by Gasteiger charge is -2.21. The monoisotopic (exact) mass is 451 g/mol. The van der Waals surface area contributed by atoms with Crippen molar-refractivity contribution < 1.29 is 23.9 Å². The highest BCUT2D eigenvalue weighted by Gasteiger charge is 2.55. The van der Waals surface area contributed by atoms with Gasteiger partial charge in [0.1, 0.15) is 6.54 Å². The number of imide groups is 1. The molecule has 3 amide bonds. The Morgan fingerprint density at radius 3 is 2.30 bits per heavy atom. The van der Waals surface area contributed by atoms with Crippen LogP contribution < -0.4 is 19.7 Å². The van der Waals surface area contributed by atoms with Gasteiger partial charge in [0.15, 0.2) is 23.6 Å². The van der Waals surface area contributed by atoms with Crippen molar-refractivity contribution in [2.45, 2.75) is 32.9 Å². The van der Waals surface area contributed by atoms with Crippen LogP contribution in [0.25, 0.3) is 0 Å². The van der Waals surface area contributed by atoms with Crippen LogP contribution in [-0.4, -0.2) is 55.6 Å². The fraction of sp³-hybridized carbons (Fsp3) is 0.348. The normalized spacial score (nSPS) is 19.2. The van der Waals surface area contributed by atoms with E-state index in [1.165, 1.54) is 19.2 Å². The lowest BCUT2D eigenvalue weighted by Crippen LogP contribution is -2.43. The Morgan fingerprint density at radius 2 is 1.67 bits per heavy atom. The Morgan fingerprint density at radius 1 is 1.00 bits per heavy atom. The smallest absolute Gasteiger partial charge is 0.263 e. The van der Waals surface area contributed by atoms with Crippen molar-refractivity contribution in [2.24, 2.45) is 10.3 Å². The predicted molar refractivity (Wildman–Crippen MR) is 120 cm³/mol. The topological polar surface area (TPSA) is 113 Å². The third-order valence-corrected chi connectivity index (χ3v) is 5.73. The number of carbonyl (C=O) groups is 3. The molecule has 0 bridgehead atoms. The second kappa shape index (κ2) is 8.53. The molecule has 1 fully saturated rings. The van der Waals surface area contributed by atoms with E-state index < -0.39 is 23.9 Å². The molecule has 4 rings (SSSR count). The molecule has 10 nitrogen and oxygen atoms in total. The minimum absolute atomic E-state index is 0.212. The van der Waals surface area contributed by atoms with Crippen molar-refractivity contribution in [3.63, 3.8) is 0 Å². The molecule has 2 aliphatic rings. The van der Waals surface area contributed by atoms with E-state index in [-0.39, 0.29) is 12.5 Å². The molecule has 1 N–H and O–H groups in total. The Balaban J connectivity index is 1.52. The highest BCUT2D eigenvalue weighted by molar-refractivity contribution is 6.25. The number of hydrogen-bond donors (Lipinski definition) is 1. The molecule has 172 valence electrons. The predicted octanol–water partition coefficient (Wildman–Crippen LogP) is 2.56. The number of methoxy groups -OCH3 is 2. The Labute approximate surface area is 191 Å². The van der Waals surface area contributed by atoms with Gasteiger partial charge in [-0.3, -0.25) is 19.4 Å². The van der Waals surface area contributed by atoms with Crippen LogP contribution in [0.4, 0.5) is 11.4 Å². The summed E-state index contributed by atoms with van der Waals surface area (Å²) >= 11 is 0. The second-order valence-electron chi connectivity index (χ2n) is 8.07. The van der Waals surface area contributed by atoms with E-state index in [1.807, 2.05) is 32.9 Å². The van der Waals surface area contributed by atoms with Gasteiger partial charge in [-0.1, -0.05) is 22.9 Å². The van der Waals surface area contributed by atoms with Gasteiger partial charge >= 0.3 is 0 Å². The molecule has 10 heteroatoms. The Hall–Kier alpha value is -3.95. The average Bonchev–Trinajstić information content (AvgIpc) is 3.29. The maximum absolute atomic E-state index is 13.2. The van der Waals surface area contributed by atoms with E-state index >= 15 is 0 Å². The molecule has 1 saturated heterocycles. The zero-order chi connectivity index (χ0) is 23.9. The third-order valence-electron chi connectivity index (χ3n) is 5.73. The zero-order valence-electron chi connectivity index (χ0n) is 19.1. The number of amides is 3. The maximum Gasteiger partial charge on any atom is 0.263 e. The quantitative estimate of drug-likeness (QED) is 0.676. The molecule has 2 atom stereocenters. The van der Waals surface area contributed by atoms with Crippen molar-refractivity contribution in [1.29, 1.82) is 0 Å². The molecule has 0 saturated carbocycles. The van der Waals surface area contributed by atoms with Crippen LogP contribution in [0.15, 0.2) is 40.7 Å². The molecule has 2 aromatic carbocycles. The molecule has 0 unspecified atom stereocenters. The fourth-order valence-corrected chi connectivity index (χ4v) is 4.28. The largest absolute Gasteiger partial charge is 0.493 e. The van der Waals surface area contributed by atoms with Gasteiger partial charge in [0.2, 0.25) is 5.91 Å². The van der Waals surface area contributed by atoms with Gasteiger partial charge in [0.05, 0.1) is 19.9 Å². The van der Waals surface area contributed by atoms with Crippen molar-refractivity contribution in [1.82, 2.24) is 5.01 Å². The van der Waals surface area contributed by atoms with Crippen LogP contribution in [0.2, 0.25) is 0 Å². The molecule has 2 aromatic rings. The van der Waals surface area contributed by atoms with E-state index in [2.05, 4.69) is 15.7 Å². The number of nitrogens with zero attached hydrogens (tertiary/aromatic N) is 4. The van der Waals surface area contributed by atoms with E-state index in [4.69, 9.17) is 9.47 Å². The summed E-state index contributed by atoms with van der Waals surface area (Å²) in [6.45, 7) is 5.61. The van der Waals surface area contributed by atoms with Crippen LogP contribution in [0.5, 0.6) is 11.5 Å². The summed E-state index contributed by atoms with van der Waals surface area (Å²) < 4.78 is 10.5. The summed E-state index contributed by atoms with van der Waals surface area (Å²) in [6.07, 6.45) is 0. The number of ether oxygens (including phenoxy) is 2. The minimum Gasteiger partial charge on any atom is -0.493 e. The Kier molecular flexibility index (Phi) is 5.75. The summed E-state index contributed by atoms with van der Waals surface area (Å²) in [5.74, 6) is -0.504. The molecule has 2 aliphatic heterocycles. The van der Waals surface area contributed by atoms with Crippen molar-refractivity contribution in [2.75, 3.05) is 31.0 Å².